The Morgan fingerprint density at radius 3 is 2.59 bits per heavy atom. The Bertz CT molecular complexity index is 1170. The van der Waals surface area contributed by atoms with Gasteiger partial charge in [0.25, 0.3) is 0 Å². The fraction of sp³-hybridized carbons (Fsp3) is 0.0952. The number of hydrogen-bond donors (Lipinski definition) is 0. The lowest BCUT2D eigenvalue weighted by atomic mass is 10.2. The molecule has 0 bridgehead atoms. The van der Waals surface area contributed by atoms with E-state index in [1.54, 1.807) is 35.1 Å². The van der Waals surface area contributed by atoms with Crippen LogP contribution in [0, 0.1) is 5.21 Å². The number of aromatic nitrogens is 3. The molecule has 0 aliphatic rings. The molecule has 146 valence electrons. The lowest BCUT2D eigenvalue weighted by molar-refractivity contribution is -0.607. The first-order chi connectivity index (χ1) is 14.1. The zero-order valence-corrected chi connectivity index (χ0v) is 16.2. The van der Waals surface area contributed by atoms with Gasteiger partial charge < -0.3 is 14.7 Å². The molecule has 0 fully saturated rings. The minimum atomic E-state index is -0.788. The van der Waals surface area contributed by atoms with E-state index in [9.17, 15) is 10.0 Å². The second-order valence-corrected chi connectivity index (χ2v) is 6.67. The van der Waals surface area contributed by atoms with Gasteiger partial charge in [0.05, 0.1) is 24.4 Å². The molecule has 0 amide bonds. The van der Waals surface area contributed by atoms with E-state index in [-0.39, 0.29) is 18.1 Å². The average Bonchev–Trinajstić information content (AvgIpc) is 3.16. The van der Waals surface area contributed by atoms with Gasteiger partial charge in [-0.15, -0.1) is 0 Å². The molecule has 2 aromatic carbocycles. The summed E-state index contributed by atoms with van der Waals surface area (Å²) in [4.78, 5) is 12.3. The summed E-state index contributed by atoms with van der Waals surface area (Å²) in [5, 5.41) is 18.1. The molecule has 0 N–H and O–H groups in total. The van der Waals surface area contributed by atoms with E-state index in [2.05, 4.69) is 5.10 Å². The molecule has 4 rings (SSSR count). The van der Waals surface area contributed by atoms with E-state index in [4.69, 9.17) is 21.1 Å². The Hall–Kier alpha value is -3.58. The maximum absolute atomic E-state index is 12.7. The van der Waals surface area contributed by atoms with Crippen molar-refractivity contribution in [2.24, 2.45) is 0 Å². The number of esters is 1. The van der Waals surface area contributed by atoms with Crippen molar-refractivity contribution < 1.29 is 19.0 Å². The van der Waals surface area contributed by atoms with Crippen molar-refractivity contribution in [3.63, 3.8) is 0 Å². The molecule has 0 spiro atoms. The number of methoxy groups -OCH3 is 1. The number of carbonyl (C=O) groups excluding carboxylic acids is 1. The van der Waals surface area contributed by atoms with Crippen LogP contribution >= 0.6 is 11.6 Å². The van der Waals surface area contributed by atoms with E-state index in [0.717, 1.165) is 5.56 Å². The van der Waals surface area contributed by atoms with Crippen LogP contribution in [-0.4, -0.2) is 22.9 Å². The Morgan fingerprint density at radius 2 is 1.90 bits per heavy atom. The van der Waals surface area contributed by atoms with Gasteiger partial charge in [0, 0.05) is 5.02 Å². The smallest absolute Gasteiger partial charge is 0.408 e. The first kappa shape index (κ1) is 18.8. The number of benzene rings is 2. The minimum absolute atomic E-state index is 0.119. The quantitative estimate of drug-likeness (QED) is 0.285. The third-order valence-corrected chi connectivity index (χ3v) is 4.65. The first-order valence-corrected chi connectivity index (χ1v) is 9.11. The third kappa shape index (κ3) is 3.60. The fourth-order valence-corrected chi connectivity index (χ4v) is 3.13. The molecule has 2 heterocycles. The number of halogens is 1. The van der Waals surface area contributed by atoms with Crippen LogP contribution < -0.4 is 9.47 Å². The molecule has 0 unspecified atom stereocenters. The molecule has 0 aliphatic carbocycles. The van der Waals surface area contributed by atoms with Crippen LogP contribution in [0.3, 0.4) is 0 Å². The summed E-state index contributed by atoms with van der Waals surface area (Å²) in [7, 11) is 1.21. The predicted octanol–water partition coefficient (Wildman–Crippen LogP) is 3.68. The maximum Gasteiger partial charge on any atom is 0.408 e. The van der Waals surface area contributed by atoms with Crippen molar-refractivity contribution in [2.45, 2.75) is 6.61 Å². The highest BCUT2D eigenvalue weighted by atomic mass is 35.5. The highest BCUT2D eigenvalue weighted by Gasteiger charge is 2.29. The summed E-state index contributed by atoms with van der Waals surface area (Å²) in [5.74, 6) is -0.669. The fourth-order valence-electron chi connectivity index (χ4n) is 3.00. The van der Waals surface area contributed by atoms with Gasteiger partial charge in [0.1, 0.15) is 12.1 Å². The van der Waals surface area contributed by atoms with E-state index >= 15 is 0 Å². The SMILES string of the molecule is COC(=O)c1c(OCc2ccccc2)c2cnn(-c3ccc(Cl)cc3)c2c[n+]1[O-]. The van der Waals surface area contributed by atoms with E-state index < -0.39 is 5.97 Å². The lowest BCUT2D eigenvalue weighted by Crippen LogP contribution is -2.35. The summed E-state index contributed by atoms with van der Waals surface area (Å²) in [5.41, 5.74) is 1.86. The van der Waals surface area contributed by atoms with Crippen LogP contribution in [0.15, 0.2) is 67.0 Å². The Balaban J connectivity index is 1.85. The van der Waals surface area contributed by atoms with E-state index in [0.29, 0.717) is 26.3 Å². The zero-order chi connectivity index (χ0) is 20.4. The molecule has 0 radical (unpaired) electrons. The highest BCUT2D eigenvalue weighted by Crippen LogP contribution is 2.30. The second-order valence-electron chi connectivity index (χ2n) is 6.23. The molecule has 7 nitrogen and oxygen atoms in total. The van der Waals surface area contributed by atoms with Gasteiger partial charge in [-0.25, -0.2) is 9.48 Å². The van der Waals surface area contributed by atoms with Crippen LogP contribution in [0.5, 0.6) is 5.75 Å². The molecule has 2 aromatic heterocycles. The molecule has 0 saturated carbocycles. The number of nitrogens with zero attached hydrogens (tertiary/aromatic N) is 3. The zero-order valence-electron chi connectivity index (χ0n) is 15.4. The summed E-state index contributed by atoms with van der Waals surface area (Å²) in [6.07, 6.45) is 2.83. The monoisotopic (exact) mass is 409 g/mol. The van der Waals surface area contributed by atoms with E-state index in [1.165, 1.54) is 13.3 Å². The third-order valence-electron chi connectivity index (χ3n) is 4.40. The molecule has 0 saturated heterocycles. The minimum Gasteiger partial charge on any atom is -0.618 e. The Kier molecular flexibility index (Phi) is 5.05. The molecular formula is C21H16ClN3O4. The number of carbonyl (C=O) groups is 1. The number of ether oxygens (including phenoxy) is 2. The number of rotatable bonds is 5. The molecule has 8 heteroatoms. The van der Waals surface area contributed by atoms with Crippen LogP contribution in [0.4, 0.5) is 0 Å². The average molecular weight is 410 g/mol. The van der Waals surface area contributed by atoms with Crippen molar-refractivity contribution in [3.8, 4) is 11.4 Å². The van der Waals surface area contributed by atoms with Gasteiger partial charge in [-0.05, 0) is 29.8 Å². The topological polar surface area (TPSA) is 80.3 Å². The van der Waals surface area contributed by atoms with Gasteiger partial charge in [-0.3, -0.25) is 0 Å². The van der Waals surface area contributed by atoms with Crippen molar-refractivity contribution in [3.05, 3.63) is 88.5 Å². The van der Waals surface area contributed by atoms with E-state index in [1.807, 2.05) is 30.3 Å². The number of pyridine rings is 1. The van der Waals surface area contributed by atoms with Crippen molar-refractivity contribution >= 4 is 28.5 Å². The van der Waals surface area contributed by atoms with Gasteiger partial charge >= 0.3 is 11.7 Å². The standard InChI is InChI=1S/C21H16ClN3O4/c1-28-21(26)19-20(29-13-14-5-3-2-4-6-14)17-11-23-25(18(17)12-24(19)27)16-9-7-15(22)8-10-16/h2-12H,13H2,1H3. The van der Waals surface area contributed by atoms with Gasteiger partial charge in [-0.1, -0.05) is 41.9 Å². The van der Waals surface area contributed by atoms with Crippen LogP contribution in [-0.2, 0) is 11.3 Å². The highest BCUT2D eigenvalue weighted by molar-refractivity contribution is 6.30. The molecular weight excluding hydrogens is 394 g/mol. The van der Waals surface area contributed by atoms with Crippen LogP contribution in [0.1, 0.15) is 16.1 Å². The predicted molar refractivity (Wildman–Crippen MR) is 107 cm³/mol. The Morgan fingerprint density at radius 1 is 1.17 bits per heavy atom. The van der Waals surface area contributed by atoms with Gasteiger partial charge in [-0.2, -0.15) is 9.83 Å². The molecule has 0 atom stereocenters. The van der Waals surface area contributed by atoms with Gasteiger partial charge in [0.15, 0.2) is 0 Å². The maximum atomic E-state index is 12.7. The van der Waals surface area contributed by atoms with Crippen LogP contribution in [0.2, 0.25) is 5.02 Å². The number of fused-ring (bicyclic) bond motifs is 1. The lowest BCUT2D eigenvalue weighted by Gasteiger charge is -2.12. The van der Waals surface area contributed by atoms with Gasteiger partial charge in [0.2, 0.25) is 11.9 Å². The molecule has 4 aromatic rings. The summed E-state index contributed by atoms with van der Waals surface area (Å²) in [6, 6.07) is 16.5. The summed E-state index contributed by atoms with van der Waals surface area (Å²) >= 11 is 5.96. The first-order valence-electron chi connectivity index (χ1n) is 8.73. The molecule has 0 aliphatic heterocycles. The van der Waals surface area contributed by atoms with Crippen LogP contribution in [0.25, 0.3) is 16.6 Å². The Labute approximate surface area is 171 Å². The van der Waals surface area contributed by atoms with Crippen molar-refractivity contribution in [1.82, 2.24) is 9.78 Å². The van der Waals surface area contributed by atoms with Crippen molar-refractivity contribution in [2.75, 3.05) is 7.11 Å². The van der Waals surface area contributed by atoms with Crippen molar-refractivity contribution in [1.29, 1.82) is 0 Å². The normalized spacial score (nSPS) is 10.8. The number of hydrogen-bond acceptors (Lipinski definition) is 5. The summed E-state index contributed by atoms with van der Waals surface area (Å²) in [6.45, 7) is 0.177. The largest absolute Gasteiger partial charge is 0.618 e. The summed E-state index contributed by atoms with van der Waals surface area (Å²) < 4.78 is 12.7. The second kappa shape index (κ2) is 7.81. The molecule has 29 heavy (non-hydrogen) atoms.